The molecule has 3 aromatic heterocycles. The van der Waals surface area contributed by atoms with Crippen molar-refractivity contribution in [3.8, 4) is 0 Å². The van der Waals surface area contributed by atoms with Gasteiger partial charge in [-0.1, -0.05) is 36.0 Å². The largest absolute Gasteiger partial charge is 0.453 e. The maximum absolute atomic E-state index is 13.0. The second-order valence-corrected chi connectivity index (χ2v) is 8.57. The molecule has 0 saturated heterocycles. The highest BCUT2D eigenvalue weighted by atomic mass is 32.2. The first-order valence-corrected chi connectivity index (χ1v) is 10.6. The smallest absolute Gasteiger partial charge is 0.263 e. The average molecular weight is 411 g/mol. The molecule has 0 aliphatic carbocycles. The Bertz CT molecular complexity index is 1250. The molecule has 1 aromatic carbocycles. The molecule has 0 unspecified atom stereocenters. The predicted molar refractivity (Wildman–Crippen MR) is 115 cm³/mol. The number of carbonyl (C=O) groups is 1. The van der Waals surface area contributed by atoms with E-state index in [1.807, 2.05) is 38.1 Å². The number of thiophene rings is 1. The van der Waals surface area contributed by atoms with Crippen molar-refractivity contribution in [2.24, 2.45) is 0 Å². The molecule has 0 fully saturated rings. The third kappa shape index (κ3) is 3.21. The van der Waals surface area contributed by atoms with Crippen LogP contribution in [0.1, 0.15) is 21.0 Å². The molecular weight excluding hydrogens is 392 g/mol. The van der Waals surface area contributed by atoms with E-state index in [0.29, 0.717) is 33.3 Å². The molecular formula is C21H18N2O3S2. The lowest BCUT2D eigenvalue weighted by molar-refractivity contribution is 0.0994. The highest BCUT2D eigenvalue weighted by Gasteiger charge is 2.18. The summed E-state index contributed by atoms with van der Waals surface area (Å²) < 4.78 is 7.22. The van der Waals surface area contributed by atoms with E-state index in [-0.39, 0.29) is 17.1 Å². The van der Waals surface area contributed by atoms with Crippen molar-refractivity contribution in [2.45, 2.75) is 25.5 Å². The number of aryl methyl sites for hydroxylation is 2. The minimum atomic E-state index is -0.140. The molecule has 0 atom stereocenters. The van der Waals surface area contributed by atoms with E-state index < -0.39 is 0 Å². The van der Waals surface area contributed by atoms with Gasteiger partial charge in [0.15, 0.2) is 10.9 Å². The minimum absolute atomic E-state index is 0.0922. The molecule has 4 rings (SSSR count). The molecule has 0 aliphatic rings. The minimum Gasteiger partial charge on any atom is -0.453 e. The maximum Gasteiger partial charge on any atom is 0.263 e. The molecule has 28 heavy (non-hydrogen) atoms. The summed E-state index contributed by atoms with van der Waals surface area (Å²) in [5, 5.41) is 2.06. The number of para-hydroxylation sites is 1. The highest BCUT2D eigenvalue weighted by molar-refractivity contribution is 7.99. The van der Waals surface area contributed by atoms with E-state index in [2.05, 4.69) is 11.6 Å². The number of ketones is 1. The number of benzene rings is 1. The number of thioether (sulfide) groups is 1. The van der Waals surface area contributed by atoms with Gasteiger partial charge in [0.25, 0.3) is 5.56 Å². The molecule has 0 N–H and O–H groups in total. The number of nitrogens with zero attached hydrogens (tertiary/aromatic N) is 2. The van der Waals surface area contributed by atoms with Crippen LogP contribution < -0.4 is 5.56 Å². The lowest BCUT2D eigenvalue weighted by Gasteiger charge is -2.09. The van der Waals surface area contributed by atoms with Crippen LogP contribution in [-0.2, 0) is 6.54 Å². The van der Waals surface area contributed by atoms with Gasteiger partial charge in [-0.2, -0.15) is 0 Å². The lowest BCUT2D eigenvalue weighted by atomic mass is 10.2. The number of hydrogen-bond donors (Lipinski definition) is 0. The van der Waals surface area contributed by atoms with Crippen molar-refractivity contribution in [3.63, 3.8) is 0 Å². The number of allylic oxidation sites excluding steroid dienone is 1. The molecule has 0 spiro atoms. The van der Waals surface area contributed by atoms with Gasteiger partial charge in [0.05, 0.1) is 11.1 Å². The highest BCUT2D eigenvalue weighted by Crippen LogP contribution is 2.29. The predicted octanol–water partition coefficient (Wildman–Crippen LogP) is 4.98. The van der Waals surface area contributed by atoms with Gasteiger partial charge in [-0.15, -0.1) is 17.9 Å². The Hall–Kier alpha value is -2.64. The van der Waals surface area contributed by atoms with Gasteiger partial charge in [0, 0.05) is 16.8 Å². The van der Waals surface area contributed by atoms with Crippen LogP contribution in [-0.4, -0.2) is 21.1 Å². The number of carbonyl (C=O) groups excluding carboxylic acids is 1. The molecule has 3 heterocycles. The molecule has 142 valence electrons. The van der Waals surface area contributed by atoms with Gasteiger partial charge < -0.3 is 4.42 Å². The molecule has 4 aromatic rings. The number of furan rings is 1. The van der Waals surface area contributed by atoms with Gasteiger partial charge >= 0.3 is 0 Å². The number of fused-ring (bicyclic) bond motifs is 2. The number of Topliss-reactive ketones (excluding diaryl/α,β-unsaturated/α-hetero) is 1. The van der Waals surface area contributed by atoms with Crippen LogP contribution in [0, 0.1) is 13.8 Å². The number of hydrogen-bond acceptors (Lipinski definition) is 6. The summed E-state index contributed by atoms with van der Waals surface area (Å²) in [6, 6.07) is 9.25. The summed E-state index contributed by atoms with van der Waals surface area (Å²) in [4.78, 5) is 32.0. The van der Waals surface area contributed by atoms with E-state index in [1.165, 1.54) is 23.1 Å². The second-order valence-electron chi connectivity index (χ2n) is 6.42. The van der Waals surface area contributed by atoms with Crippen LogP contribution in [0.4, 0.5) is 0 Å². The Morgan fingerprint density at radius 2 is 2.14 bits per heavy atom. The SMILES string of the molecule is C=CCn1c(SCC(=O)c2cc3ccccc3o2)nc2sc(C)c(C)c2c1=O. The van der Waals surface area contributed by atoms with Crippen molar-refractivity contribution in [1.82, 2.24) is 9.55 Å². The molecule has 0 aliphatic heterocycles. The zero-order valence-corrected chi connectivity index (χ0v) is 17.2. The summed E-state index contributed by atoms with van der Waals surface area (Å²) in [7, 11) is 0. The van der Waals surface area contributed by atoms with Gasteiger partial charge in [-0.05, 0) is 31.5 Å². The third-order valence-electron chi connectivity index (χ3n) is 4.60. The van der Waals surface area contributed by atoms with Gasteiger partial charge in [0.1, 0.15) is 10.4 Å². The number of rotatable bonds is 6. The molecule has 5 nitrogen and oxygen atoms in total. The molecule has 0 amide bonds. The van der Waals surface area contributed by atoms with E-state index >= 15 is 0 Å². The van der Waals surface area contributed by atoms with Crippen molar-refractivity contribution in [1.29, 1.82) is 0 Å². The topological polar surface area (TPSA) is 65.1 Å². The van der Waals surface area contributed by atoms with E-state index in [9.17, 15) is 9.59 Å². The van der Waals surface area contributed by atoms with Crippen LogP contribution >= 0.6 is 23.1 Å². The lowest BCUT2D eigenvalue weighted by Crippen LogP contribution is -2.23. The first kappa shape index (κ1) is 18.7. The zero-order chi connectivity index (χ0) is 19.8. The summed E-state index contributed by atoms with van der Waals surface area (Å²) in [5.74, 6) is 0.313. The van der Waals surface area contributed by atoms with Crippen molar-refractivity contribution in [3.05, 3.63) is 69.5 Å². The Kier molecular flexibility index (Phi) is 4.95. The van der Waals surface area contributed by atoms with Crippen LogP contribution in [0.3, 0.4) is 0 Å². The normalized spacial score (nSPS) is 11.4. The van der Waals surface area contributed by atoms with Crippen LogP contribution in [0.25, 0.3) is 21.2 Å². The average Bonchev–Trinajstić information content (AvgIpc) is 3.24. The Balaban J connectivity index is 1.66. The number of aromatic nitrogens is 2. The third-order valence-corrected chi connectivity index (χ3v) is 6.68. The Labute approximate surface area is 169 Å². The first-order valence-electron chi connectivity index (χ1n) is 8.75. The fourth-order valence-electron chi connectivity index (χ4n) is 3.03. The van der Waals surface area contributed by atoms with Crippen LogP contribution in [0.2, 0.25) is 0 Å². The summed E-state index contributed by atoms with van der Waals surface area (Å²) in [5.41, 5.74) is 1.55. The van der Waals surface area contributed by atoms with Gasteiger partial charge in [0.2, 0.25) is 5.78 Å². The van der Waals surface area contributed by atoms with Gasteiger partial charge in [-0.25, -0.2) is 4.98 Å². The van der Waals surface area contributed by atoms with E-state index in [4.69, 9.17) is 4.42 Å². The Morgan fingerprint density at radius 1 is 1.36 bits per heavy atom. The van der Waals surface area contributed by atoms with Crippen molar-refractivity contribution >= 4 is 50.1 Å². The van der Waals surface area contributed by atoms with E-state index in [1.54, 1.807) is 16.7 Å². The molecule has 0 saturated carbocycles. The quantitative estimate of drug-likeness (QED) is 0.194. The summed E-state index contributed by atoms with van der Waals surface area (Å²) in [6.45, 7) is 8.00. The van der Waals surface area contributed by atoms with Crippen molar-refractivity contribution < 1.29 is 9.21 Å². The first-order chi connectivity index (χ1) is 13.5. The molecule has 0 bridgehead atoms. The molecule has 0 radical (unpaired) electrons. The van der Waals surface area contributed by atoms with Crippen molar-refractivity contribution in [2.75, 3.05) is 5.75 Å². The second kappa shape index (κ2) is 7.41. The maximum atomic E-state index is 13.0. The van der Waals surface area contributed by atoms with Gasteiger partial charge in [-0.3, -0.25) is 14.2 Å². The fourth-order valence-corrected chi connectivity index (χ4v) is 4.98. The molecule has 7 heteroatoms. The van der Waals surface area contributed by atoms with Crippen LogP contribution in [0.15, 0.2) is 57.4 Å². The zero-order valence-electron chi connectivity index (χ0n) is 15.5. The standard InChI is InChI=1S/C21H18N2O3S2/c1-4-9-23-20(25)18-12(2)13(3)28-19(18)22-21(23)27-11-15(24)17-10-14-7-5-6-8-16(14)26-17/h4-8,10H,1,9,11H2,2-3H3. The fraction of sp³-hybridized carbons (Fsp3) is 0.190. The monoisotopic (exact) mass is 410 g/mol. The summed E-state index contributed by atoms with van der Waals surface area (Å²) >= 11 is 2.75. The van der Waals surface area contributed by atoms with E-state index in [0.717, 1.165) is 15.8 Å². The van der Waals surface area contributed by atoms with Crippen LogP contribution in [0.5, 0.6) is 0 Å². The summed E-state index contributed by atoms with van der Waals surface area (Å²) in [6.07, 6.45) is 1.66. The Morgan fingerprint density at radius 3 is 2.89 bits per heavy atom.